The lowest BCUT2D eigenvalue weighted by Gasteiger charge is -2.39. The van der Waals surface area contributed by atoms with Crippen molar-refractivity contribution >= 4 is 5.97 Å². The average Bonchev–Trinajstić information content (AvgIpc) is 2.49. The van der Waals surface area contributed by atoms with Gasteiger partial charge in [0, 0.05) is 19.1 Å². The second kappa shape index (κ2) is 7.77. The fourth-order valence-electron chi connectivity index (χ4n) is 3.53. The first-order chi connectivity index (χ1) is 10.5. The number of likely N-dealkylation sites (tertiary alicyclic amines) is 1. The summed E-state index contributed by atoms with van der Waals surface area (Å²) >= 11 is 0. The normalized spacial score (nSPS) is 24.4. The number of benzene rings is 1. The van der Waals surface area contributed by atoms with Crippen molar-refractivity contribution in [2.24, 2.45) is 11.8 Å². The molecule has 0 amide bonds. The summed E-state index contributed by atoms with van der Waals surface area (Å²) in [7, 11) is 0. The summed E-state index contributed by atoms with van der Waals surface area (Å²) in [6.45, 7) is 8.41. The van der Waals surface area contributed by atoms with Crippen LogP contribution in [0.1, 0.15) is 51.5 Å². The Hall–Kier alpha value is -1.35. The SMILES string of the molecule is CC(C)CC(CN1CC(C(=O)O)CCC1C)c1ccccc1. The third-order valence-corrected chi connectivity index (χ3v) is 4.84. The largest absolute Gasteiger partial charge is 0.481 e. The standard InChI is InChI=1S/C19H29NO2/c1-14(2)11-18(16-7-5-4-6-8-16)13-20-12-17(19(21)22)10-9-15(20)3/h4-8,14-15,17-18H,9-13H2,1-3H3,(H,21,22). The van der Waals surface area contributed by atoms with E-state index in [4.69, 9.17) is 0 Å². The summed E-state index contributed by atoms with van der Waals surface area (Å²) in [5, 5.41) is 9.31. The summed E-state index contributed by atoms with van der Waals surface area (Å²) in [4.78, 5) is 13.7. The lowest BCUT2D eigenvalue weighted by molar-refractivity contribution is -0.144. The fourth-order valence-corrected chi connectivity index (χ4v) is 3.53. The third-order valence-electron chi connectivity index (χ3n) is 4.84. The van der Waals surface area contributed by atoms with Gasteiger partial charge in [0.25, 0.3) is 0 Å². The molecule has 122 valence electrons. The summed E-state index contributed by atoms with van der Waals surface area (Å²) < 4.78 is 0. The van der Waals surface area contributed by atoms with E-state index in [2.05, 4.69) is 56.0 Å². The van der Waals surface area contributed by atoms with E-state index >= 15 is 0 Å². The second-order valence-electron chi connectivity index (χ2n) is 7.15. The molecule has 3 atom stereocenters. The highest BCUT2D eigenvalue weighted by Crippen LogP contribution is 2.29. The molecular weight excluding hydrogens is 274 g/mol. The predicted molar refractivity (Wildman–Crippen MR) is 90.0 cm³/mol. The molecule has 0 spiro atoms. The highest BCUT2D eigenvalue weighted by atomic mass is 16.4. The van der Waals surface area contributed by atoms with Crippen molar-refractivity contribution in [3.63, 3.8) is 0 Å². The van der Waals surface area contributed by atoms with Crippen molar-refractivity contribution in [2.75, 3.05) is 13.1 Å². The number of nitrogens with zero attached hydrogens (tertiary/aromatic N) is 1. The molecule has 3 unspecified atom stereocenters. The number of piperidine rings is 1. The molecule has 0 saturated carbocycles. The van der Waals surface area contributed by atoms with Gasteiger partial charge in [-0.3, -0.25) is 9.69 Å². The number of carboxylic acids is 1. The topological polar surface area (TPSA) is 40.5 Å². The average molecular weight is 303 g/mol. The maximum absolute atomic E-state index is 11.3. The van der Waals surface area contributed by atoms with E-state index in [-0.39, 0.29) is 5.92 Å². The molecule has 0 radical (unpaired) electrons. The highest BCUT2D eigenvalue weighted by Gasteiger charge is 2.31. The van der Waals surface area contributed by atoms with Crippen LogP contribution in [0.5, 0.6) is 0 Å². The molecule has 3 heteroatoms. The van der Waals surface area contributed by atoms with Crippen molar-refractivity contribution in [3.8, 4) is 0 Å². The maximum atomic E-state index is 11.3. The zero-order valence-corrected chi connectivity index (χ0v) is 14.0. The van der Waals surface area contributed by atoms with Crippen LogP contribution in [-0.2, 0) is 4.79 Å². The number of hydrogen-bond donors (Lipinski definition) is 1. The van der Waals surface area contributed by atoms with Crippen LogP contribution in [0.3, 0.4) is 0 Å². The summed E-state index contributed by atoms with van der Waals surface area (Å²) in [6, 6.07) is 11.1. The zero-order valence-electron chi connectivity index (χ0n) is 14.0. The van der Waals surface area contributed by atoms with Crippen LogP contribution in [0, 0.1) is 11.8 Å². The molecular formula is C19H29NO2. The number of rotatable bonds is 6. The van der Waals surface area contributed by atoms with Gasteiger partial charge in [-0.2, -0.15) is 0 Å². The molecule has 0 aromatic heterocycles. The van der Waals surface area contributed by atoms with E-state index < -0.39 is 5.97 Å². The molecule has 22 heavy (non-hydrogen) atoms. The Labute approximate surface area is 134 Å². The third kappa shape index (κ3) is 4.57. The van der Waals surface area contributed by atoms with E-state index in [1.54, 1.807) is 0 Å². The molecule has 1 aliphatic heterocycles. The minimum Gasteiger partial charge on any atom is -0.481 e. The number of hydrogen-bond acceptors (Lipinski definition) is 2. The first kappa shape index (κ1) is 17.0. The molecule has 3 nitrogen and oxygen atoms in total. The van der Waals surface area contributed by atoms with Gasteiger partial charge in [0.1, 0.15) is 0 Å². The Bertz CT molecular complexity index is 472. The van der Waals surface area contributed by atoms with Crippen LogP contribution >= 0.6 is 0 Å². The van der Waals surface area contributed by atoms with Gasteiger partial charge in [0.15, 0.2) is 0 Å². The predicted octanol–water partition coefficient (Wildman–Crippen LogP) is 4.00. The zero-order chi connectivity index (χ0) is 16.1. The summed E-state index contributed by atoms with van der Waals surface area (Å²) in [5.74, 6) is 0.278. The van der Waals surface area contributed by atoms with Crippen LogP contribution in [0.15, 0.2) is 30.3 Å². The lowest BCUT2D eigenvalue weighted by atomic mass is 9.87. The van der Waals surface area contributed by atoms with Crippen LogP contribution < -0.4 is 0 Å². The molecule has 1 saturated heterocycles. The van der Waals surface area contributed by atoms with Crippen LogP contribution in [0.25, 0.3) is 0 Å². The molecule has 0 aliphatic carbocycles. The Morgan fingerprint density at radius 3 is 2.55 bits per heavy atom. The van der Waals surface area contributed by atoms with Gasteiger partial charge in [0.2, 0.25) is 0 Å². The van der Waals surface area contributed by atoms with Crippen molar-refractivity contribution in [2.45, 2.75) is 52.0 Å². The molecule has 2 rings (SSSR count). The molecule has 1 N–H and O–H groups in total. The Balaban J connectivity index is 2.10. The molecule has 1 aromatic rings. The minimum atomic E-state index is -0.642. The van der Waals surface area contributed by atoms with Crippen LogP contribution in [0.4, 0.5) is 0 Å². The van der Waals surface area contributed by atoms with Crippen molar-refractivity contribution in [3.05, 3.63) is 35.9 Å². The van der Waals surface area contributed by atoms with E-state index in [0.717, 1.165) is 25.8 Å². The Morgan fingerprint density at radius 2 is 1.95 bits per heavy atom. The van der Waals surface area contributed by atoms with E-state index in [1.807, 2.05) is 0 Å². The van der Waals surface area contributed by atoms with E-state index in [9.17, 15) is 9.90 Å². The Morgan fingerprint density at radius 1 is 1.27 bits per heavy atom. The van der Waals surface area contributed by atoms with Crippen LogP contribution in [-0.4, -0.2) is 35.1 Å². The first-order valence-corrected chi connectivity index (χ1v) is 8.49. The fraction of sp³-hybridized carbons (Fsp3) is 0.632. The van der Waals surface area contributed by atoms with Crippen molar-refractivity contribution in [1.82, 2.24) is 4.90 Å². The van der Waals surface area contributed by atoms with Gasteiger partial charge >= 0.3 is 5.97 Å². The minimum absolute atomic E-state index is 0.202. The summed E-state index contributed by atoms with van der Waals surface area (Å²) in [5.41, 5.74) is 1.38. The number of carboxylic acid groups (broad SMARTS) is 1. The molecule has 1 aromatic carbocycles. The van der Waals surface area contributed by atoms with E-state index in [0.29, 0.717) is 24.4 Å². The lowest BCUT2D eigenvalue weighted by Crippen LogP contribution is -2.45. The van der Waals surface area contributed by atoms with Gasteiger partial charge in [-0.1, -0.05) is 44.2 Å². The number of carbonyl (C=O) groups is 1. The molecule has 0 bridgehead atoms. The maximum Gasteiger partial charge on any atom is 0.307 e. The molecule has 1 aliphatic rings. The van der Waals surface area contributed by atoms with Crippen molar-refractivity contribution in [1.29, 1.82) is 0 Å². The van der Waals surface area contributed by atoms with Gasteiger partial charge in [-0.05, 0) is 43.6 Å². The van der Waals surface area contributed by atoms with Crippen molar-refractivity contribution < 1.29 is 9.90 Å². The van der Waals surface area contributed by atoms with Gasteiger partial charge in [0.05, 0.1) is 5.92 Å². The second-order valence-corrected chi connectivity index (χ2v) is 7.15. The molecule has 1 heterocycles. The van der Waals surface area contributed by atoms with E-state index in [1.165, 1.54) is 5.56 Å². The Kier molecular flexibility index (Phi) is 6.01. The summed E-state index contributed by atoms with van der Waals surface area (Å²) in [6.07, 6.45) is 2.94. The molecule has 1 fully saturated rings. The van der Waals surface area contributed by atoms with Gasteiger partial charge < -0.3 is 5.11 Å². The first-order valence-electron chi connectivity index (χ1n) is 8.49. The van der Waals surface area contributed by atoms with Gasteiger partial charge in [-0.15, -0.1) is 0 Å². The number of aliphatic carboxylic acids is 1. The quantitative estimate of drug-likeness (QED) is 0.863. The van der Waals surface area contributed by atoms with Crippen LogP contribution in [0.2, 0.25) is 0 Å². The smallest absolute Gasteiger partial charge is 0.307 e. The monoisotopic (exact) mass is 303 g/mol. The van der Waals surface area contributed by atoms with Gasteiger partial charge in [-0.25, -0.2) is 0 Å². The highest BCUT2D eigenvalue weighted by molar-refractivity contribution is 5.70.